The Morgan fingerprint density at radius 2 is 1.81 bits per heavy atom. The van der Waals surface area contributed by atoms with Gasteiger partial charge in [0.1, 0.15) is 0 Å². The fourth-order valence-electron chi connectivity index (χ4n) is 5.59. The Morgan fingerprint density at radius 3 is 2.57 bits per heavy atom. The molecule has 3 aliphatic rings. The molecule has 2 bridgehead atoms. The fraction of sp³-hybridized carbons (Fsp3) is 0.700. The topological polar surface area (TPSA) is 12.0 Å². The third kappa shape index (κ3) is 2.29. The lowest BCUT2D eigenvalue weighted by Gasteiger charge is -2.32. The molecule has 3 saturated carbocycles. The molecular weight excluding hydrogens is 254 g/mol. The summed E-state index contributed by atoms with van der Waals surface area (Å²) in [6.45, 7) is 4.59. The van der Waals surface area contributed by atoms with Gasteiger partial charge in [0.25, 0.3) is 0 Å². The molecule has 6 atom stereocenters. The van der Waals surface area contributed by atoms with Crippen molar-refractivity contribution >= 4 is 5.69 Å². The van der Waals surface area contributed by atoms with Crippen molar-refractivity contribution in [2.45, 2.75) is 64.3 Å². The smallest absolute Gasteiger partial charge is 0.0342 e. The molecule has 0 aromatic heterocycles. The van der Waals surface area contributed by atoms with Gasteiger partial charge in [0.05, 0.1) is 0 Å². The van der Waals surface area contributed by atoms with E-state index >= 15 is 0 Å². The molecule has 1 aromatic carbocycles. The van der Waals surface area contributed by atoms with E-state index in [1.54, 1.807) is 0 Å². The van der Waals surface area contributed by atoms with Crippen LogP contribution in [0.5, 0.6) is 0 Å². The number of hydrogen-bond donors (Lipinski definition) is 1. The number of nitrogens with one attached hydrogen (secondary N) is 1. The summed E-state index contributed by atoms with van der Waals surface area (Å²) in [4.78, 5) is 0. The van der Waals surface area contributed by atoms with Gasteiger partial charge in [-0.3, -0.25) is 0 Å². The molecule has 1 aromatic rings. The first-order valence-corrected chi connectivity index (χ1v) is 9.12. The summed E-state index contributed by atoms with van der Waals surface area (Å²) >= 11 is 0. The molecule has 1 heteroatoms. The number of rotatable bonds is 4. The second-order valence-corrected chi connectivity index (χ2v) is 7.84. The molecule has 4 rings (SSSR count). The molecule has 0 saturated heterocycles. The largest absolute Gasteiger partial charge is 0.382 e. The second kappa shape index (κ2) is 5.34. The van der Waals surface area contributed by atoms with E-state index in [4.69, 9.17) is 0 Å². The summed E-state index contributed by atoms with van der Waals surface area (Å²) < 4.78 is 0. The molecule has 0 spiro atoms. The number of anilines is 1. The van der Waals surface area contributed by atoms with E-state index in [1.807, 2.05) is 0 Å². The van der Waals surface area contributed by atoms with Crippen molar-refractivity contribution in [1.82, 2.24) is 0 Å². The van der Waals surface area contributed by atoms with Crippen molar-refractivity contribution in [2.75, 3.05) is 5.32 Å². The van der Waals surface area contributed by atoms with E-state index < -0.39 is 0 Å². The lowest BCUT2D eigenvalue weighted by atomic mass is 9.79. The zero-order valence-electron chi connectivity index (χ0n) is 13.5. The zero-order valence-corrected chi connectivity index (χ0v) is 13.5. The molecule has 6 unspecified atom stereocenters. The summed E-state index contributed by atoms with van der Waals surface area (Å²) in [6.07, 6.45) is 8.71. The van der Waals surface area contributed by atoms with Crippen LogP contribution in [0, 0.1) is 23.7 Å². The van der Waals surface area contributed by atoms with Gasteiger partial charge in [0.15, 0.2) is 0 Å². The van der Waals surface area contributed by atoms with E-state index in [0.717, 1.165) is 29.7 Å². The number of benzene rings is 1. The van der Waals surface area contributed by atoms with Crippen molar-refractivity contribution in [3.63, 3.8) is 0 Å². The van der Waals surface area contributed by atoms with Crippen LogP contribution in [0.25, 0.3) is 0 Å². The normalized spacial score (nSPS) is 38.5. The van der Waals surface area contributed by atoms with Crippen LogP contribution < -0.4 is 5.32 Å². The van der Waals surface area contributed by atoms with E-state index in [9.17, 15) is 0 Å². The predicted octanol–water partition coefficient (Wildman–Crippen LogP) is 5.44. The van der Waals surface area contributed by atoms with Crippen molar-refractivity contribution < 1.29 is 0 Å². The standard InChI is InChI=1S/C20H29N/c1-3-13(2)14-7-9-16(10-8-14)21-20-12-15-11-19(20)18-6-4-5-17(15)18/h7-10,13,15,17-21H,3-6,11-12H2,1-2H3. The first-order chi connectivity index (χ1) is 10.3. The summed E-state index contributed by atoms with van der Waals surface area (Å²) in [6, 6.07) is 10.0. The maximum Gasteiger partial charge on any atom is 0.0342 e. The lowest BCUT2D eigenvalue weighted by Crippen LogP contribution is -2.33. The number of fused-ring (bicyclic) bond motifs is 5. The summed E-state index contributed by atoms with van der Waals surface area (Å²) in [5.74, 6) is 4.85. The molecule has 3 aliphatic carbocycles. The van der Waals surface area contributed by atoms with Gasteiger partial charge < -0.3 is 5.32 Å². The fourth-order valence-corrected chi connectivity index (χ4v) is 5.59. The quantitative estimate of drug-likeness (QED) is 0.776. The Balaban J connectivity index is 1.43. The Labute approximate surface area is 129 Å². The molecule has 0 amide bonds. The predicted molar refractivity (Wildman–Crippen MR) is 89.6 cm³/mol. The molecular formula is C20H29N. The van der Waals surface area contributed by atoms with Gasteiger partial charge in [0.2, 0.25) is 0 Å². The van der Waals surface area contributed by atoms with Gasteiger partial charge in [-0.05, 0) is 79.4 Å². The van der Waals surface area contributed by atoms with Gasteiger partial charge in [-0.25, -0.2) is 0 Å². The molecule has 1 nitrogen and oxygen atoms in total. The second-order valence-electron chi connectivity index (χ2n) is 7.84. The van der Waals surface area contributed by atoms with Crippen LogP contribution in [0.1, 0.15) is 63.9 Å². The van der Waals surface area contributed by atoms with Gasteiger partial charge in [-0.1, -0.05) is 32.4 Å². The Hall–Kier alpha value is -0.980. The van der Waals surface area contributed by atoms with E-state index in [0.29, 0.717) is 5.92 Å². The van der Waals surface area contributed by atoms with Gasteiger partial charge in [-0.15, -0.1) is 0 Å². The van der Waals surface area contributed by atoms with E-state index in [-0.39, 0.29) is 0 Å². The van der Waals surface area contributed by atoms with Crippen LogP contribution >= 0.6 is 0 Å². The number of hydrogen-bond acceptors (Lipinski definition) is 1. The monoisotopic (exact) mass is 283 g/mol. The van der Waals surface area contributed by atoms with Crippen molar-refractivity contribution in [3.05, 3.63) is 29.8 Å². The maximum atomic E-state index is 3.87. The van der Waals surface area contributed by atoms with Crippen LogP contribution in [-0.2, 0) is 0 Å². The van der Waals surface area contributed by atoms with Crippen molar-refractivity contribution in [2.24, 2.45) is 23.7 Å². The summed E-state index contributed by atoms with van der Waals surface area (Å²) in [5, 5.41) is 3.87. The van der Waals surface area contributed by atoms with Crippen LogP contribution in [0.15, 0.2) is 24.3 Å². The minimum absolute atomic E-state index is 0.681. The highest BCUT2D eigenvalue weighted by Crippen LogP contribution is 2.59. The lowest BCUT2D eigenvalue weighted by molar-refractivity contribution is 0.243. The summed E-state index contributed by atoms with van der Waals surface area (Å²) in [7, 11) is 0. The molecule has 0 heterocycles. The van der Waals surface area contributed by atoms with E-state index in [1.165, 1.54) is 49.8 Å². The highest BCUT2D eigenvalue weighted by Gasteiger charge is 2.53. The van der Waals surface area contributed by atoms with Gasteiger partial charge >= 0.3 is 0 Å². The van der Waals surface area contributed by atoms with Crippen molar-refractivity contribution in [1.29, 1.82) is 0 Å². The molecule has 3 fully saturated rings. The average molecular weight is 283 g/mol. The van der Waals surface area contributed by atoms with Gasteiger partial charge in [0, 0.05) is 11.7 Å². The van der Waals surface area contributed by atoms with Gasteiger partial charge in [-0.2, -0.15) is 0 Å². The minimum atomic E-state index is 0.681. The Bertz CT molecular complexity index is 491. The molecule has 114 valence electrons. The third-order valence-electron chi connectivity index (χ3n) is 6.87. The molecule has 21 heavy (non-hydrogen) atoms. The average Bonchev–Trinajstić information content (AvgIpc) is 3.19. The van der Waals surface area contributed by atoms with Crippen LogP contribution in [0.3, 0.4) is 0 Å². The first-order valence-electron chi connectivity index (χ1n) is 9.12. The van der Waals surface area contributed by atoms with Crippen molar-refractivity contribution in [3.8, 4) is 0 Å². The Kier molecular flexibility index (Phi) is 3.47. The van der Waals surface area contributed by atoms with Crippen LogP contribution in [0.4, 0.5) is 5.69 Å². The molecule has 1 N–H and O–H groups in total. The summed E-state index contributed by atoms with van der Waals surface area (Å²) in [5.41, 5.74) is 2.82. The molecule has 0 radical (unpaired) electrons. The zero-order chi connectivity index (χ0) is 14.4. The first kappa shape index (κ1) is 13.7. The Morgan fingerprint density at radius 1 is 1.05 bits per heavy atom. The molecule has 0 aliphatic heterocycles. The van der Waals surface area contributed by atoms with Crippen LogP contribution in [-0.4, -0.2) is 6.04 Å². The highest BCUT2D eigenvalue weighted by molar-refractivity contribution is 5.46. The minimum Gasteiger partial charge on any atom is -0.382 e. The van der Waals surface area contributed by atoms with Crippen LogP contribution in [0.2, 0.25) is 0 Å². The highest BCUT2D eigenvalue weighted by atomic mass is 14.9. The maximum absolute atomic E-state index is 3.87. The third-order valence-corrected chi connectivity index (χ3v) is 6.87. The SMILES string of the molecule is CCC(C)c1ccc(NC2CC3CC2C2CCCC32)cc1. The van der Waals surface area contributed by atoms with E-state index in [2.05, 4.69) is 43.4 Å².